The summed E-state index contributed by atoms with van der Waals surface area (Å²) in [7, 11) is -2.86. The molecule has 0 unspecified atom stereocenters. The van der Waals surface area contributed by atoms with Crippen LogP contribution in [-0.2, 0) is 4.53 Å². The zero-order valence-corrected chi connectivity index (χ0v) is 16.8. The van der Waals surface area contributed by atoms with Gasteiger partial charge in [-0.05, 0) is 33.3 Å². The van der Waals surface area contributed by atoms with E-state index < -0.39 is 8.32 Å². The Morgan fingerprint density at radius 2 is 1.00 bits per heavy atom. The number of hydrogen-bond donors (Lipinski definition) is 0. The number of rotatable bonds is 6. The maximum Gasteiger partial charge on any atom is 0.380 e. The molecule has 0 aromatic heterocycles. The highest BCUT2D eigenvalue weighted by molar-refractivity contribution is 7.07. The summed E-state index contributed by atoms with van der Waals surface area (Å²) in [4.78, 5) is 0. The lowest BCUT2D eigenvalue weighted by Crippen LogP contribution is -2.68. The van der Waals surface area contributed by atoms with Crippen molar-refractivity contribution in [2.24, 2.45) is 5.16 Å². The van der Waals surface area contributed by atoms with Gasteiger partial charge < -0.3 is 4.53 Å². The van der Waals surface area contributed by atoms with Gasteiger partial charge in [-0.15, -0.1) is 5.16 Å². The largest absolute Gasteiger partial charge is 0.438 e. The van der Waals surface area contributed by atoms with Crippen LogP contribution in [0.3, 0.4) is 0 Å². The van der Waals surface area contributed by atoms with Crippen molar-refractivity contribution in [3.63, 3.8) is 0 Å². The highest BCUT2D eigenvalue weighted by atomic mass is 28.4. The van der Waals surface area contributed by atoms with Crippen molar-refractivity contribution < 1.29 is 8.92 Å². The molecule has 0 aliphatic rings. The molecule has 0 aliphatic heterocycles. The fourth-order valence-corrected chi connectivity index (χ4v) is 6.90. The Kier molecular flexibility index (Phi) is 5.63. The second-order valence-electron chi connectivity index (χ2n) is 6.66. The molecule has 0 heterocycles. The van der Waals surface area contributed by atoms with Crippen molar-refractivity contribution >= 4 is 30.1 Å². The van der Waals surface area contributed by atoms with E-state index in [1.807, 2.05) is 54.6 Å². The maximum absolute atomic E-state index is 13.2. The molecule has 0 saturated heterocycles. The summed E-state index contributed by atoms with van der Waals surface area (Å²) in [6, 6.07) is 36.9. The van der Waals surface area contributed by atoms with Crippen LogP contribution in [0, 0.1) is 5.82 Å². The van der Waals surface area contributed by atoms with Gasteiger partial charge in [0.15, 0.2) is 0 Å². The van der Waals surface area contributed by atoms with Gasteiger partial charge in [-0.25, -0.2) is 4.39 Å². The number of oxime groups is 1. The number of hydrogen-bond acceptors (Lipinski definition) is 2. The average molecular weight is 398 g/mol. The lowest BCUT2D eigenvalue weighted by Gasteiger charge is -2.30. The van der Waals surface area contributed by atoms with E-state index in [0.717, 1.165) is 21.1 Å². The molecule has 4 heteroatoms. The van der Waals surface area contributed by atoms with Crippen LogP contribution in [0.4, 0.5) is 4.39 Å². The Bertz CT molecular complexity index is 971. The van der Waals surface area contributed by atoms with E-state index in [1.54, 1.807) is 18.3 Å². The number of benzene rings is 4. The average Bonchev–Trinajstić information content (AvgIpc) is 2.80. The van der Waals surface area contributed by atoms with Crippen LogP contribution in [0.5, 0.6) is 0 Å². The molecular formula is C25H20FNOSi. The molecule has 0 bridgehead atoms. The van der Waals surface area contributed by atoms with Crippen molar-refractivity contribution in [3.05, 3.63) is 127 Å². The van der Waals surface area contributed by atoms with E-state index in [0.29, 0.717) is 0 Å². The predicted octanol–water partition coefficient (Wildman–Crippen LogP) is 3.84. The number of nitrogens with zero attached hydrogens (tertiary/aromatic N) is 1. The second-order valence-corrected chi connectivity index (χ2v) is 9.93. The van der Waals surface area contributed by atoms with Crippen LogP contribution in [0.1, 0.15) is 5.56 Å². The van der Waals surface area contributed by atoms with Gasteiger partial charge in [0, 0.05) is 0 Å². The number of halogens is 1. The zero-order chi connectivity index (χ0) is 19.9. The molecule has 2 nitrogen and oxygen atoms in total. The van der Waals surface area contributed by atoms with E-state index in [4.69, 9.17) is 4.53 Å². The molecule has 0 amide bonds. The quantitative estimate of drug-likeness (QED) is 0.210. The first-order chi connectivity index (χ1) is 14.3. The summed E-state index contributed by atoms with van der Waals surface area (Å²) in [6.45, 7) is 0. The van der Waals surface area contributed by atoms with Crippen molar-refractivity contribution in [3.8, 4) is 0 Å². The standard InChI is InChI=1S/C25H20FNOSi/c26-22-18-16-21(17-19-22)20-27-28-29(23-10-4-1-5-11-23,24-12-6-2-7-13-24)25-14-8-3-9-15-25/h1-20H/b27-20+. The molecule has 0 N–H and O–H groups in total. The molecule has 29 heavy (non-hydrogen) atoms. The van der Waals surface area contributed by atoms with Crippen LogP contribution < -0.4 is 15.6 Å². The van der Waals surface area contributed by atoms with Gasteiger partial charge in [0.2, 0.25) is 0 Å². The monoisotopic (exact) mass is 397 g/mol. The van der Waals surface area contributed by atoms with Crippen molar-refractivity contribution in [2.45, 2.75) is 0 Å². The van der Waals surface area contributed by atoms with Gasteiger partial charge in [0.25, 0.3) is 0 Å². The minimum absolute atomic E-state index is 0.273. The summed E-state index contributed by atoms with van der Waals surface area (Å²) >= 11 is 0. The molecule has 0 fully saturated rings. The molecule has 0 aliphatic carbocycles. The first-order valence-corrected chi connectivity index (χ1v) is 11.3. The molecule has 142 valence electrons. The predicted molar refractivity (Wildman–Crippen MR) is 119 cm³/mol. The maximum atomic E-state index is 13.2. The third kappa shape index (κ3) is 4.03. The third-order valence-corrected chi connectivity index (χ3v) is 8.62. The fourth-order valence-electron chi connectivity index (χ4n) is 3.39. The highest BCUT2D eigenvalue weighted by Gasteiger charge is 2.44. The van der Waals surface area contributed by atoms with E-state index in [9.17, 15) is 4.39 Å². The van der Waals surface area contributed by atoms with Gasteiger partial charge in [0.1, 0.15) is 5.82 Å². The molecule has 0 atom stereocenters. The Morgan fingerprint density at radius 1 is 0.586 bits per heavy atom. The van der Waals surface area contributed by atoms with E-state index in [-0.39, 0.29) is 5.82 Å². The molecular weight excluding hydrogens is 377 g/mol. The Hall–Kier alpha value is -3.50. The van der Waals surface area contributed by atoms with Gasteiger partial charge in [-0.2, -0.15) is 0 Å². The van der Waals surface area contributed by atoms with Crippen molar-refractivity contribution in [1.82, 2.24) is 0 Å². The van der Waals surface area contributed by atoms with Crippen LogP contribution in [0.25, 0.3) is 0 Å². The summed E-state index contributed by atoms with van der Waals surface area (Å²) in [5, 5.41) is 7.70. The van der Waals surface area contributed by atoms with Crippen LogP contribution >= 0.6 is 0 Å². The fraction of sp³-hybridized carbons (Fsp3) is 0. The minimum atomic E-state index is -2.86. The summed E-state index contributed by atoms with van der Waals surface area (Å²) in [6.07, 6.45) is 1.63. The smallest absolute Gasteiger partial charge is 0.380 e. The Morgan fingerprint density at radius 3 is 1.41 bits per heavy atom. The molecule has 4 aromatic carbocycles. The second kappa shape index (κ2) is 8.67. The zero-order valence-electron chi connectivity index (χ0n) is 15.8. The van der Waals surface area contributed by atoms with Gasteiger partial charge in [-0.1, -0.05) is 103 Å². The van der Waals surface area contributed by atoms with E-state index >= 15 is 0 Å². The molecule has 0 saturated carbocycles. The van der Waals surface area contributed by atoms with Gasteiger partial charge in [-0.3, -0.25) is 0 Å². The minimum Gasteiger partial charge on any atom is -0.438 e. The molecule has 4 rings (SSSR count). The van der Waals surface area contributed by atoms with Gasteiger partial charge >= 0.3 is 8.32 Å². The summed E-state index contributed by atoms with van der Waals surface area (Å²) in [5.41, 5.74) is 0.781. The molecule has 0 spiro atoms. The third-order valence-electron chi connectivity index (χ3n) is 4.80. The molecule has 0 radical (unpaired) electrons. The van der Waals surface area contributed by atoms with E-state index in [2.05, 4.69) is 41.6 Å². The summed E-state index contributed by atoms with van der Waals surface area (Å²) < 4.78 is 19.6. The lowest BCUT2D eigenvalue weighted by molar-refractivity contribution is 0.351. The van der Waals surface area contributed by atoms with Crippen molar-refractivity contribution in [1.29, 1.82) is 0 Å². The van der Waals surface area contributed by atoms with Gasteiger partial charge in [0.05, 0.1) is 6.21 Å². The lowest BCUT2D eigenvalue weighted by atomic mass is 10.2. The van der Waals surface area contributed by atoms with E-state index in [1.165, 1.54) is 12.1 Å². The summed E-state index contributed by atoms with van der Waals surface area (Å²) in [5.74, 6) is -0.273. The van der Waals surface area contributed by atoms with Crippen LogP contribution in [-0.4, -0.2) is 14.5 Å². The topological polar surface area (TPSA) is 21.6 Å². The Balaban J connectivity index is 1.84. The highest BCUT2D eigenvalue weighted by Crippen LogP contribution is 2.10. The van der Waals surface area contributed by atoms with Crippen LogP contribution in [0.2, 0.25) is 0 Å². The normalized spacial score (nSPS) is 11.5. The Labute approximate surface area is 171 Å². The first-order valence-electron chi connectivity index (χ1n) is 9.43. The SMILES string of the molecule is Fc1ccc(/C=N/O[Si](c2ccccc2)(c2ccccc2)c2ccccc2)cc1. The van der Waals surface area contributed by atoms with Crippen LogP contribution in [0.15, 0.2) is 120 Å². The first kappa shape index (κ1) is 18.8. The molecule has 4 aromatic rings. The van der Waals surface area contributed by atoms with Crippen molar-refractivity contribution in [2.75, 3.05) is 0 Å².